The molecule has 2 N–H and O–H groups in total. The molecule has 2 aliphatic carbocycles. The molecule has 2 aromatic rings. The summed E-state index contributed by atoms with van der Waals surface area (Å²) in [4.78, 5) is 16.0. The first-order valence-electron chi connectivity index (χ1n) is 10.3. The Balaban J connectivity index is 1.51. The Morgan fingerprint density at radius 1 is 1.14 bits per heavy atom. The molecule has 0 radical (unpaired) electrons. The van der Waals surface area contributed by atoms with Gasteiger partial charge in [-0.05, 0) is 62.3 Å². The fourth-order valence-corrected chi connectivity index (χ4v) is 5.69. The molecule has 0 atom stereocenters. The van der Waals surface area contributed by atoms with Crippen molar-refractivity contribution in [3.05, 3.63) is 29.5 Å². The van der Waals surface area contributed by atoms with Gasteiger partial charge in [0.25, 0.3) is 0 Å². The van der Waals surface area contributed by atoms with Crippen LogP contribution in [0.25, 0.3) is 10.9 Å². The number of sulfonamides is 1. The highest BCUT2D eigenvalue weighted by atomic mass is 32.2. The number of aromatic nitrogens is 1. The first-order valence-corrected chi connectivity index (χ1v) is 11.8. The highest BCUT2D eigenvalue weighted by molar-refractivity contribution is 7.89. The van der Waals surface area contributed by atoms with E-state index >= 15 is 0 Å². The number of aryl methyl sites for hydroxylation is 2. The number of fused-ring (bicyclic) bond motifs is 3. The van der Waals surface area contributed by atoms with Crippen LogP contribution in [0.15, 0.2) is 23.1 Å². The molecule has 152 valence electrons. The third kappa shape index (κ3) is 3.82. The van der Waals surface area contributed by atoms with Crippen LogP contribution < -0.4 is 5.32 Å². The maximum absolute atomic E-state index is 13.0. The van der Waals surface area contributed by atoms with Crippen LogP contribution in [0.4, 0.5) is 0 Å². The van der Waals surface area contributed by atoms with Crippen LogP contribution in [0.1, 0.15) is 56.2 Å². The number of benzene rings is 1. The summed E-state index contributed by atoms with van der Waals surface area (Å²) in [5, 5.41) is 3.99. The molecule has 0 aliphatic heterocycles. The van der Waals surface area contributed by atoms with Gasteiger partial charge in [-0.1, -0.05) is 19.3 Å². The van der Waals surface area contributed by atoms with Crippen molar-refractivity contribution in [2.75, 3.05) is 13.6 Å². The van der Waals surface area contributed by atoms with Gasteiger partial charge in [0.05, 0.1) is 11.4 Å². The minimum Gasteiger partial charge on any atom is -0.358 e. The average Bonchev–Trinajstić information content (AvgIpc) is 3.06. The lowest BCUT2D eigenvalue weighted by Crippen LogP contribution is -2.43. The van der Waals surface area contributed by atoms with Crippen LogP contribution in [-0.4, -0.2) is 43.2 Å². The van der Waals surface area contributed by atoms with Crippen molar-refractivity contribution < 1.29 is 13.2 Å². The molecule has 1 heterocycles. The van der Waals surface area contributed by atoms with E-state index in [1.54, 1.807) is 12.1 Å². The largest absolute Gasteiger partial charge is 0.358 e. The maximum atomic E-state index is 13.0. The summed E-state index contributed by atoms with van der Waals surface area (Å²) >= 11 is 0. The van der Waals surface area contributed by atoms with E-state index in [1.165, 1.54) is 31.1 Å². The molecule has 4 rings (SSSR count). The maximum Gasteiger partial charge on any atom is 0.243 e. The molecule has 1 aromatic heterocycles. The molecule has 2 aliphatic rings. The molecule has 0 bridgehead atoms. The first kappa shape index (κ1) is 19.5. The van der Waals surface area contributed by atoms with Gasteiger partial charge in [-0.3, -0.25) is 4.79 Å². The smallest absolute Gasteiger partial charge is 0.243 e. The molecule has 1 saturated carbocycles. The molecule has 0 unspecified atom stereocenters. The van der Waals surface area contributed by atoms with Gasteiger partial charge in [0.1, 0.15) is 0 Å². The number of hydrogen-bond donors (Lipinski definition) is 2. The topological polar surface area (TPSA) is 82.3 Å². The van der Waals surface area contributed by atoms with Gasteiger partial charge in [0.15, 0.2) is 0 Å². The van der Waals surface area contributed by atoms with Crippen LogP contribution in [0.5, 0.6) is 0 Å². The van der Waals surface area contributed by atoms with Crippen LogP contribution in [0.2, 0.25) is 0 Å². The third-order valence-electron chi connectivity index (χ3n) is 6.11. The van der Waals surface area contributed by atoms with Crippen LogP contribution in [-0.2, 0) is 27.7 Å². The van der Waals surface area contributed by atoms with Gasteiger partial charge in [-0.2, -0.15) is 4.31 Å². The zero-order valence-corrected chi connectivity index (χ0v) is 17.3. The van der Waals surface area contributed by atoms with Gasteiger partial charge < -0.3 is 10.3 Å². The number of aromatic amines is 1. The van der Waals surface area contributed by atoms with Gasteiger partial charge in [0, 0.05) is 29.7 Å². The molecule has 0 spiro atoms. The molecule has 6 nitrogen and oxygen atoms in total. The Morgan fingerprint density at radius 3 is 2.68 bits per heavy atom. The molecular formula is C21H29N3O3S. The minimum absolute atomic E-state index is 0.151. The Morgan fingerprint density at radius 2 is 1.89 bits per heavy atom. The second-order valence-corrected chi connectivity index (χ2v) is 10.2. The van der Waals surface area contributed by atoms with E-state index < -0.39 is 10.0 Å². The summed E-state index contributed by atoms with van der Waals surface area (Å²) in [5.74, 6) is -0.224. The lowest BCUT2D eigenvalue weighted by atomic mass is 9.95. The van der Waals surface area contributed by atoms with Gasteiger partial charge in [-0.25, -0.2) is 8.42 Å². The predicted octanol–water partition coefficient (Wildman–Crippen LogP) is 3.12. The van der Waals surface area contributed by atoms with Crippen molar-refractivity contribution in [2.24, 2.45) is 0 Å². The number of hydrogen-bond acceptors (Lipinski definition) is 3. The molecule has 1 fully saturated rings. The number of carbonyl (C=O) groups is 1. The molecule has 28 heavy (non-hydrogen) atoms. The highest BCUT2D eigenvalue weighted by Gasteiger charge is 2.26. The number of carbonyl (C=O) groups excluding carboxylic acids is 1. The van der Waals surface area contributed by atoms with Crippen molar-refractivity contribution in [1.82, 2.24) is 14.6 Å². The van der Waals surface area contributed by atoms with Crippen molar-refractivity contribution in [3.8, 4) is 0 Å². The van der Waals surface area contributed by atoms with Gasteiger partial charge >= 0.3 is 0 Å². The monoisotopic (exact) mass is 403 g/mol. The molecule has 1 aromatic carbocycles. The number of likely N-dealkylation sites (N-methyl/N-ethyl adjacent to an activating group) is 1. The van der Waals surface area contributed by atoms with Crippen molar-refractivity contribution in [3.63, 3.8) is 0 Å². The Kier molecular flexibility index (Phi) is 5.47. The van der Waals surface area contributed by atoms with Gasteiger partial charge in [0.2, 0.25) is 15.9 Å². The van der Waals surface area contributed by atoms with E-state index in [4.69, 9.17) is 0 Å². The van der Waals surface area contributed by atoms with E-state index in [9.17, 15) is 13.2 Å². The summed E-state index contributed by atoms with van der Waals surface area (Å²) in [7, 11) is -2.23. The second kappa shape index (κ2) is 7.87. The van der Waals surface area contributed by atoms with Gasteiger partial charge in [-0.15, -0.1) is 0 Å². The normalized spacial score (nSPS) is 18.4. The Hall–Kier alpha value is -1.86. The molecule has 7 heteroatoms. The van der Waals surface area contributed by atoms with Crippen LogP contribution in [0.3, 0.4) is 0 Å². The number of nitrogens with zero attached hydrogens (tertiary/aromatic N) is 1. The van der Waals surface area contributed by atoms with Crippen molar-refractivity contribution >= 4 is 26.8 Å². The predicted molar refractivity (Wildman–Crippen MR) is 110 cm³/mol. The van der Waals surface area contributed by atoms with Crippen molar-refractivity contribution in [1.29, 1.82) is 0 Å². The average molecular weight is 404 g/mol. The van der Waals surface area contributed by atoms with Crippen LogP contribution >= 0.6 is 0 Å². The number of rotatable bonds is 5. The summed E-state index contributed by atoms with van der Waals surface area (Å²) in [6, 6.07) is 5.42. The van der Waals surface area contributed by atoms with Crippen molar-refractivity contribution in [2.45, 2.75) is 68.7 Å². The minimum atomic E-state index is -3.71. The number of H-pyrrole nitrogens is 1. The lowest BCUT2D eigenvalue weighted by molar-refractivity contribution is -0.122. The summed E-state index contributed by atoms with van der Waals surface area (Å²) < 4.78 is 27.2. The standard InChI is InChI=1S/C21H29N3O3S/c1-24(14-21(25)22-15-7-3-2-4-8-15)28(26,27)16-11-12-20-18(13-16)17-9-5-6-10-19(17)23-20/h11-13,15,23H,2-10,14H2,1H3,(H,22,25). The summed E-state index contributed by atoms with van der Waals surface area (Å²) in [6.45, 7) is -0.151. The van der Waals surface area contributed by atoms with E-state index in [2.05, 4.69) is 10.3 Å². The van der Waals surface area contributed by atoms with E-state index in [0.29, 0.717) is 0 Å². The van der Waals surface area contributed by atoms with E-state index in [0.717, 1.165) is 60.2 Å². The first-order chi connectivity index (χ1) is 13.4. The highest BCUT2D eigenvalue weighted by Crippen LogP contribution is 2.31. The lowest BCUT2D eigenvalue weighted by Gasteiger charge is -2.24. The SMILES string of the molecule is CN(CC(=O)NC1CCCCC1)S(=O)(=O)c1ccc2[nH]c3c(c2c1)CCCC3. The fourth-order valence-electron chi connectivity index (χ4n) is 4.53. The molecular weight excluding hydrogens is 374 g/mol. The Bertz CT molecular complexity index is 974. The zero-order chi connectivity index (χ0) is 19.7. The quantitative estimate of drug-likeness (QED) is 0.805. The number of nitrogens with one attached hydrogen (secondary N) is 2. The fraction of sp³-hybridized carbons (Fsp3) is 0.571. The molecule has 0 saturated heterocycles. The summed E-state index contributed by atoms with van der Waals surface area (Å²) in [5.41, 5.74) is 3.47. The van der Waals surface area contributed by atoms with E-state index in [1.807, 2.05) is 6.07 Å². The molecule has 1 amide bonds. The summed E-state index contributed by atoms with van der Waals surface area (Å²) in [6.07, 6.45) is 9.74. The third-order valence-corrected chi connectivity index (χ3v) is 7.91. The Labute approximate surface area is 166 Å². The number of amides is 1. The van der Waals surface area contributed by atoms with E-state index in [-0.39, 0.29) is 23.4 Å². The zero-order valence-electron chi connectivity index (χ0n) is 16.5. The van der Waals surface area contributed by atoms with Crippen LogP contribution in [0, 0.1) is 0 Å². The second-order valence-electron chi connectivity index (χ2n) is 8.16.